The van der Waals surface area contributed by atoms with Crippen LogP contribution in [0.15, 0.2) is 90.0 Å². The first-order chi connectivity index (χ1) is 10.8. The minimum atomic E-state index is 0.214. The van der Waals surface area contributed by atoms with E-state index in [9.17, 15) is 0 Å². The lowest BCUT2D eigenvalue weighted by molar-refractivity contribution is 1.13. The molecule has 0 heterocycles. The maximum Gasteiger partial charge on any atom is 0.0633 e. The van der Waals surface area contributed by atoms with Crippen LogP contribution in [0.25, 0.3) is 6.08 Å². The van der Waals surface area contributed by atoms with Gasteiger partial charge in [-0.3, -0.25) is 4.99 Å². The van der Waals surface area contributed by atoms with Gasteiger partial charge in [-0.25, -0.2) is 0 Å². The normalized spacial score (nSPS) is 19.1. The number of hydrogen-bond donors (Lipinski definition) is 0. The number of nitrogens with zero attached hydrogens (tertiary/aromatic N) is 1. The van der Waals surface area contributed by atoms with Gasteiger partial charge >= 0.3 is 0 Å². The van der Waals surface area contributed by atoms with Crippen molar-refractivity contribution >= 4 is 17.5 Å². The Morgan fingerprint density at radius 2 is 1.68 bits per heavy atom. The molecule has 3 rings (SSSR count). The van der Waals surface area contributed by atoms with Gasteiger partial charge < -0.3 is 0 Å². The maximum absolute atomic E-state index is 4.78. The first-order valence-corrected chi connectivity index (χ1v) is 7.55. The van der Waals surface area contributed by atoms with Crippen molar-refractivity contribution in [1.82, 2.24) is 0 Å². The average molecular weight is 285 g/mol. The fourth-order valence-corrected chi connectivity index (χ4v) is 2.37. The summed E-state index contributed by atoms with van der Waals surface area (Å²) in [5.41, 5.74) is 4.53. The largest absolute Gasteiger partial charge is 0.253 e. The zero-order valence-corrected chi connectivity index (χ0v) is 12.7. The first-order valence-electron chi connectivity index (χ1n) is 7.55. The van der Waals surface area contributed by atoms with Crippen LogP contribution in [0.4, 0.5) is 5.69 Å². The first kappa shape index (κ1) is 14.3. The van der Waals surface area contributed by atoms with E-state index < -0.39 is 0 Å². The van der Waals surface area contributed by atoms with Crippen LogP contribution in [0.5, 0.6) is 0 Å². The van der Waals surface area contributed by atoms with E-state index in [0.717, 1.165) is 11.4 Å². The molecule has 0 N–H and O–H groups in total. The number of aryl methyl sites for hydroxylation is 1. The lowest BCUT2D eigenvalue weighted by Crippen LogP contribution is -2.09. The molecule has 0 spiro atoms. The summed E-state index contributed by atoms with van der Waals surface area (Å²) in [5, 5.41) is 0. The van der Waals surface area contributed by atoms with Gasteiger partial charge in [0.2, 0.25) is 0 Å². The second-order valence-electron chi connectivity index (χ2n) is 5.41. The van der Waals surface area contributed by atoms with Crippen molar-refractivity contribution < 1.29 is 0 Å². The third-order valence-electron chi connectivity index (χ3n) is 3.63. The predicted octanol–water partition coefficient (Wildman–Crippen LogP) is 5.52. The molecular formula is C21H19N. The van der Waals surface area contributed by atoms with Crippen molar-refractivity contribution in [3.63, 3.8) is 0 Å². The van der Waals surface area contributed by atoms with Crippen LogP contribution in [0.1, 0.15) is 11.1 Å². The van der Waals surface area contributed by atoms with Gasteiger partial charge in [-0.05, 0) is 30.7 Å². The van der Waals surface area contributed by atoms with Crippen LogP contribution in [0, 0.1) is 12.8 Å². The Labute approximate surface area is 132 Å². The number of aliphatic imine (C=N–C) groups is 1. The molecule has 1 aliphatic rings. The lowest BCUT2D eigenvalue weighted by atomic mass is 9.97. The van der Waals surface area contributed by atoms with Gasteiger partial charge in [0.25, 0.3) is 0 Å². The highest BCUT2D eigenvalue weighted by Gasteiger charge is 2.09. The van der Waals surface area contributed by atoms with E-state index >= 15 is 0 Å². The Morgan fingerprint density at radius 1 is 0.909 bits per heavy atom. The molecule has 2 aromatic rings. The zero-order chi connectivity index (χ0) is 15.2. The standard InChI is InChI=1S/C21H19N/c1-17-11-15-20(16-12-17)22-21-10-6-5-9-19(21)14-13-18-7-3-2-4-8-18/h2-16,19H,1H3. The average Bonchev–Trinajstić information content (AvgIpc) is 2.57. The fraction of sp³-hybridized carbons (Fsp3) is 0.0952. The molecule has 0 radical (unpaired) electrons. The SMILES string of the molecule is Cc1ccc(N=C2C=CC=CC2C=Cc2ccccc2)cc1. The van der Waals surface area contributed by atoms with Gasteiger partial charge in [0.05, 0.1) is 11.4 Å². The summed E-state index contributed by atoms with van der Waals surface area (Å²) in [7, 11) is 0. The van der Waals surface area contributed by atoms with Gasteiger partial charge in [0.1, 0.15) is 0 Å². The summed E-state index contributed by atoms with van der Waals surface area (Å²) in [6.07, 6.45) is 12.7. The molecule has 0 aliphatic heterocycles. The molecule has 0 fully saturated rings. The van der Waals surface area contributed by atoms with E-state index in [0.29, 0.717) is 0 Å². The van der Waals surface area contributed by atoms with Crippen LogP contribution in [0.2, 0.25) is 0 Å². The number of hydrogen-bond acceptors (Lipinski definition) is 1. The molecule has 0 amide bonds. The van der Waals surface area contributed by atoms with Gasteiger partial charge in [0.15, 0.2) is 0 Å². The number of allylic oxidation sites excluding steroid dienone is 5. The van der Waals surface area contributed by atoms with E-state index in [1.807, 2.05) is 12.1 Å². The summed E-state index contributed by atoms with van der Waals surface area (Å²) in [5.74, 6) is 0.214. The fourth-order valence-electron chi connectivity index (χ4n) is 2.37. The van der Waals surface area contributed by atoms with E-state index in [2.05, 4.69) is 85.8 Å². The smallest absolute Gasteiger partial charge is 0.0633 e. The number of benzene rings is 2. The summed E-state index contributed by atoms with van der Waals surface area (Å²) in [6.45, 7) is 2.09. The van der Waals surface area contributed by atoms with Crippen LogP contribution in [0.3, 0.4) is 0 Å². The molecule has 1 aliphatic carbocycles. The molecule has 1 unspecified atom stereocenters. The van der Waals surface area contributed by atoms with Crippen LogP contribution in [-0.2, 0) is 0 Å². The summed E-state index contributed by atoms with van der Waals surface area (Å²) >= 11 is 0. The van der Waals surface area contributed by atoms with Crippen LogP contribution >= 0.6 is 0 Å². The highest BCUT2D eigenvalue weighted by Crippen LogP contribution is 2.19. The molecule has 0 aromatic heterocycles. The van der Waals surface area contributed by atoms with E-state index in [-0.39, 0.29) is 5.92 Å². The Balaban J connectivity index is 1.83. The summed E-state index contributed by atoms with van der Waals surface area (Å²) in [4.78, 5) is 4.78. The third kappa shape index (κ3) is 3.70. The molecule has 1 heteroatoms. The Kier molecular flexibility index (Phi) is 4.45. The Hall–Kier alpha value is -2.67. The predicted molar refractivity (Wildman–Crippen MR) is 95.5 cm³/mol. The number of rotatable bonds is 3. The quantitative estimate of drug-likeness (QED) is 0.703. The molecular weight excluding hydrogens is 266 g/mol. The zero-order valence-electron chi connectivity index (χ0n) is 12.7. The molecule has 108 valence electrons. The molecule has 2 aromatic carbocycles. The molecule has 0 saturated heterocycles. The van der Waals surface area contributed by atoms with Gasteiger partial charge in [-0.1, -0.05) is 78.4 Å². The maximum atomic E-state index is 4.78. The third-order valence-corrected chi connectivity index (χ3v) is 3.63. The highest BCUT2D eigenvalue weighted by molar-refractivity contribution is 6.02. The van der Waals surface area contributed by atoms with E-state index in [1.165, 1.54) is 11.1 Å². The van der Waals surface area contributed by atoms with Crippen molar-refractivity contribution in [1.29, 1.82) is 0 Å². The molecule has 0 saturated carbocycles. The van der Waals surface area contributed by atoms with Crippen molar-refractivity contribution in [2.24, 2.45) is 10.9 Å². The van der Waals surface area contributed by atoms with Gasteiger partial charge in [0, 0.05) is 5.92 Å². The van der Waals surface area contributed by atoms with Gasteiger partial charge in [-0.15, -0.1) is 0 Å². The van der Waals surface area contributed by atoms with Crippen molar-refractivity contribution in [2.45, 2.75) is 6.92 Å². The van der Waals surface area contributed by atoms with Crippen LogP contribution in [-0.4, -0.2) is 5.71 Å². The van der Waals surface area contributed by atoms with Crippen molar-refractivity contribution in [2.75, 3.05) is 0 Å². The molecule has 1 nitrogen and oxygen atoms in total. The second-order valence-corrected chi connectivity index (χ2v) is 5.41. The van der Waals surface area contributed by atoms with Gasteiger partial charge in [-0.2, -0.15) is 0 Å². The highest BCUT2D eigenvalue weighted by atomic mass is 14.7. The second kappa shape index (κ2) is 6.86. The van der Waals surface area contributed by atoms with Crippen molar-refractivity contribution in [3.05, 3.63) is 96.1 Å². The Morgan fingerprint density at radius 3 is 2.45 bits per heavy atom. The monoisotopic (exact) mass is 285 g/mol. The minimum absolute atomic E-state index is 0.214. The van der Waals surface area contributed by atoms with E-state index in [4.69, 9.17) is 4.99 Å². The molecule has 1 atom stereocenters. The molecule has 0 bridgehead atoms. The van der Waals surface area contributed by atoms with E-state index in [1.54, 1.807) is 0 Å². The van der Waals surface area contributed by atoms with Crippen LogP contribution < -0.4 is 0 Å². The summed E-state index contributed by atoms with van der Waals surface area (Å²) < 4.78 is 0. The topological polar surface area (TPSA) is 12.4 Å². The Bertz CT molecular complexity index is 731. The summed E-state index contributed by atoms with van der Waals surface area (Å²) in [6, 6.07) is 18.7. The minimum Gasteiger partial charge on any atom is -0.253 e. The van der Waals surface area contributed by atoms with Crippen molar-refractivity contribution in [3.8, 4) is 0 Å². The lowest BCUT2D eigenvalue weighted by Gasteiger charge is -2.12. The molecule has 22 heavy (non-hydrogen) atoms.